The van der Waals surface area contributed by atoms with Crippen molar-refractivity contribution in [2.75, 3.05) is 0 Å². The lowest BCUT2D eigenvalue weighted by Gasteiger charge is -2.15. The molecule has 2 heteroatoms. The normalized spacial score (nSPS) is 14.1. The fraction of sp³-hybridized carbons (Fsp3) is 0.0714. The van der Waals surface area contributed by atoms with Crippen LogP contribution in [0.4, 0.5) is 0 Å². The van der Waals surface area contributed by atoms with Crippen LogP contribution in [0.25, 0.3) is 0 Å². The van der Waals surface area contributed by atoms with Crippen molar-refractivity contribution < 1.29 is 0 Å². The summed E-state index contributed by atoms with van der Waals surface area (Å²) < 4.78 is 0. The van der Waals surface area contributed by atoms with Crippen LogP contribution in [0.5, 0.6) is 0 Å². The van der Waals surface area contributed by atoms with Crippen LogP contribution in [0, 0.1) is 0 Å². The minimum atomic E-state index is 0.799. The van der Waals surface area contributed by atoms with Gasteiger partial charge in [0, 0.05) is 10.5 Å². The van der Waals surface area contributed by atoms with E-state index in [9.17, 15) is 0 Å². The van der Waals surface area contributed by atoms with Gasteiger partial charge in [-0.1, -0.05) is 60.3 Å². The summed E-state index contributed by atoms with van der Waals surface area (Å²) in [6.45, 7) is 0.799. The highest BCUT2D eigenvalue weighted by Gasteiger charge is 2.13. The highest BCUT2D eigenvalue weighted by atomic mass is 32.2. The molecule has 3 rings (SSSR count). The van der Waals surface area contributed by atoms with E-state index in [0.29, 0.717) is 0 Å². The number of hydrogen-bond acceptors (Lipinski definition) is 2. The summed E-state index contributed by atoms with van der Waals surface area (Å²) >= 11 is 1.76. The lowest BCUT2D eigenvalue weighted by atomic mass is 10.2. The van der Waals surface area contributed by atoms with Gasteiger partial charge in [0.15, 0.2) is 0 Å². The zero-order valence-electron chi connectivity index (χ0n) is 8.76. The number of benzene rings is 2. The largest absolute Gasteiger partial charge is 0.273 e. The molecule has 0 saturated heterocycles. The van der Waals surface area contributed by atoms with E-state index >= 15 is 0 Å². The zero-order valence-corrected chi connectivity index (χ0v) is 9.58. The summed E-state index contributed by atoms with van der Waals surface area (Å²) in [7, 11) is 0. The molecule has 16 heavy (non-hydrogen) atoms. The molecule has 1 aliphatic heterocycles. The fourth-order valence-electron chi connectivity index (χ4n) is 1.76. The van der Waals surface area contributed by atoms with Crippen molar-refractivity contribution in [1.29, 1.82) is 0 Å². The number of rotatable bonds is 1. The third-order valence-corrected chi connectivity index (χ3v) is 3.77. The lowest BCUT2D eigenvalue weighted by molar-refractivity contribution is 1.02. The summed E-state index contributed by atoms with van der Waals surface area (Å²) in [6.07, 6.45) is 0. The zero-order chi connectivity index (χ0) is 10.8. The second-order valence-corrected chi connectivity index (χ2v) is 4.73. The van der Waals surface area contributed by atoms with Gasteiger partial charge in [0.25, 0.3) is 0 Å². The van der Waals surface area contributed by atoms with Crippen LogP contribution in [0.3, 0.4) is 0 Å². The predicted octanol–water partition coefficient (Wildman–Crippen LogP) is 3.74. The van der Waals surface area contributed by atoms with Crippen LogP contribution in [0.1, 0.15) is 11.1 Å². The molecule has 0 aliphatic carbocycles. The molecule has 1 aliphatic rings. The first-order valence-electron chi connectivity index (χ1n) is 5.29. The van der Waals surface area contributed by atoms with Crippen molar-refractivity contribution in [2.24, 2.45) is 4.99 Å². The van der Waals surface area contributed by atoms with Gasteiger partial charge in [-0.3, -0.25) is 4.99 Å². The van der Waals surface area contributed by atoms with Gasteiger partial charge in [-0.05, 0) is 11.6 Å². The van der Waals surface area contributed by atoms with Crippen molar-refractivity contribution in [1.82, 2.24) is 0 Å². The minimum Gasteiger partial charge on any atom is -0.273 e. The van der Waals surface area contributed by atoms with Gasteiger partial charge in [0.2, 0.25) is 0 Å². The number of aliphatic imine (C=N–C) groups is 1. The van der Waals surface area contributed by atoms with Gasteiger partial charge in [0.1, 0.15) is 5.04 Å². The Hall–Kier alpha value is -1.54. The first-order valence-corrected chi connectivity index (χ1v) is 6.11. The standard InChI is InChI=1S/C14H11NS/c1-2-6-11(7-3-1)14-15-10-12-8-4-5-9-13(12)16-14/h1-9H,10H2. The smallest absolute Gasteiger partial charge is 0.103 e. The van der Waals surface area contributed by atoms with Gasteiger partial charge in [-0.2, -0.15) is 0 Å². The third-order valence-electron chi connectivity index (χ3n) is 2.59. The van der Waals surface area contributed by atoms with Gasteiger partial charge < -0.3 is 0 Å². The molecule has 1 heterocycles. The summed E-state index contributed by atoms with van der Waals surface area (Å²) in [5, 5.41) is 1.12. The Morgan fingerprint density at radius 3 is 2.50 bits per heavy atom. The van der Waals surface area contributed by atoms with E-state index in [-0.39, 0.29) is 0 Å². The van der Waals surface area contributed by atoms with E-state index in [2.05, 4.69) is 53.5 Å². The number of fused-ring (bicyclic) bond motifs is 1. The van der Waals surface area contributed by atoms with Gasteiger partial charge in [-0.15, -0.1) is 0 Å². The summed E-state index contributed by atoms with van der Waals surface area (Å²) in [5.74, 6) is 0. The van der Waals surface area contributed by atoms with Crippen molar-refractivity contribution in [2.45, 2.75) is 11.4 Å². The fourth-order valence-corrected chi connectivity index (χ4v) is 2.76. The molecule has 0 unspecified atom stereocenters. The summed E-state index contributed by atoms with van der Waals surface area (Å²) in [4.78, 5) is 5.95. The van der Waals surface area contributed by atoms with Crippen LogP contribution < -0.4 is 0 Å². The third kappa shape index (κ3) is 1.76. The van der Waals surface area contributed by atoms with Gasteiger partial charge in [0.05, 0.1) is 6.54 Å². The average Bonchev–Trinajstić information content (AvgIpc) is 2.39. The Labute approximate surface area is 99.2 Å². The molecule has 2 aromatic rings. The molecular weight excluding hydrogens is 214 g/mol. The van der Waals surface area contributed by atoms with Crippen molar-refractivity contribution in [3.05, 3.63) is 65.7 Å². The predicted molar refractivity (Wildman–Crippen MR) is 69.0 cm³/mol. The summed E-state index contributed by atoms with van der Waals surface area (Å²) in [6, 6.07) is 18.8. The molecule has 0 fully saturated rings. The molecule has 0 amide bonds. The van der Waals surface area contributed by atoms with E-state index in [4.69, 9.17) is 0 Å². The van der Waals surface area contributed by atoms with Crippen LogP contribution in [-0.4, -0.2) is 5.04 Å². The van der Waals surface area contributed by atoms with E-state index in [1.807, 2.05) is 6.07 Å². The summed E-state index contributed by atoms with van der Waals surface area (Å²) in [5.41, 5.74) is 2.54. The Balaban J connectivity index is 1.95. The second-order valence-electron chi connectivity index (χ2n) is 3.70. The minimum absolute atomic E-state index is 0.799. The molecule has 0 spiro atoms. The topological polar surface area (TPSA) is 12.4 Å². The maximum absolute atomic E-state index is 4.62. The molecule has 78 valence electrons. The van der Waals surface area contributed by atoms with E-state index < -0.39 is 0 Å². The number of nitrogens with zero attached hydrogens (tertiary/aromatic N) is 1. The first-order chi connectivity index (χ1) is 7.93. The Morgan fingerprint density at radius 2 is 1.62 bits per heavy atom. The highest BCUT2D eigenvalue weighted by molar-refractivity contribution is 8.14. The molecule has 0 saturated carbocycles. The first kappa shape index (κ1) is 9.67. The molecule has 1 nitrogen and oxygen atoms in total. The van der Waals surface area contributed by atoms with Crippen molar-refractivity contribution in [3.8, 4) is 0 Å². The van der Waals surface area contributed by atoms with Crippen molar-refractivity contribution in [3.63, 3.8) is 0 Å². The molecule has 0 radical (unpaired) electrons. The maximum atomic E-state index is 4.62. The Bertz CT molecular complexity index is 531. The Morgan fingerprint density at radius 1 is 0.875 bits per heavy atom. The molecular formula is C14H11NS. The average molecular weight is 225 g/mol. The molecule has 2 aromatic carbocycles. The maximum Gasteiger partial charge on any atom is 0.103 e. The lowest BCUT2D eigenvalue weighted by Crippen LogP contribution is -2.02. The van der Waals surface area contributed by atoms with E-state index in [1.165, 1.54) is 16.0 Å². The highest BCUT2D eigenvalue weighted by Crippen LogP contribution is 2.31. The van der Waals surface area contributed by atoms with Gasteiger partial charge >= 0.3 is 0 Å². The van der Waals surface area contributed by atoms with E-state index in [0.717, 1.165) is 11.6 Å². The van der Waals surface area contributed by atoms with Gasteiger partial charge in [-0.25, -0.2) is 0 Å². The van der Waals surface area contributed by atoms with E-state index in [1.54, 1.807) is 11.8 Å². The molecule has 0 aromatic heterocycles. The Kier molecular flexibility index (Phi) is 2.50. The van der Waals surface area contributed by atoms with Crippen molar-refractivity contribution >= 4 is 16.8 Å². The number of thioether (sulfide) groups is 1. The number of hydrogen-bond donors (Lipinski definition) is 0. The molecule has 0 bridgehead atoms. The monoisotopic (exact) mass is 225 g/mol. The second kappa shape index (κ2) is 4.14. The molecule has 0 N–H and O–H groups in total. The quantitative estimate of drug-likeness (QED) is 0.720. The SMILES string of the molecule is c1ccc(C2=NCc3ccccc3S2)cc1. The van der Waals surface area contributed by atoms with Crippen LogP contribution >= 0.6 is 11.8 Å². The van der Waals surface area contributed by atoms with Crippen LogP contribution in [0.2, 0.25) is 0 Å². The van der Waals surface area contributed by atoms with Crippen LogP contribution in [-0.2, 0) is 6.54 Å². The van der Waals surface area contributed by atoms with Crippen LogP contribution in [0.15, 0.2) is 64.5 Å². The molecule has 0 atom stereocenters.